The SMILES string of the molecule is CC1(C)OC(=O)C(=C2CCCc3occc32)C(=O)O1. The van der Waals surface area contributed by atoms with Gasteiger partial charge in [0, 0.05) is 25.8 Å². The predicted octanol–water partition coefficient (Wildman–Crippen LogP) is 2.21. The Labute approximate surface area is 110 Å². The highest BCUT2D eigenvalue weighted by atomic mass is 16.7. The molecule has 100 valence electrons. The molecule has 1 aliphatic carbocycles. The first-order valence-corrected chi connectivity index (χ1v) is 6.24. The number of furan rings is 1. The number of carbonyl (C=O) groups excluding carboxylic acids is 2. The van der Waals surface area contributed by atoms with Crippen LogP contribution in [0.2, 0.25) is 0 Å². The Kier molecular flexibility index (Phi) is 2.52. The van der Waals surface area contributed by atoms with E-state index in [9.17, 15) is 9.59 Å². The molecule has 1 saturated heterocycles. The Morgan fingerprint density at radius 3 is 2.47 bits per heavy atom. The highest BCUT2D eigenvalue weighted by molar-refractivity contribution is 6.21. The number of aryl methyl sites for hydroxylation is 1. The summed E-state index contributed by atoms with van der Waals surface area (Å²) in [6, 6.07) is 1.77. The van der Waals surface area contributed by atoms with Crippen LogP contribution in [-0.2, 0) is 25.5 Å². The average molecular weight is 262 g/mol. The fourth-order valence-corrected chi connectivity index (χ4v) is 2.52. The van der Waals surface area contributed by atoms with Crippen molar-refractivity contribution in [1.29, 1.82) is 0 Å². The van der Waals surface area contributed by atoms with Crippen LogP contribution < -0.4 is 0 Å². The van der Waals surface area contributed by atoms with E-state index in [1.807, 2.05) is 0 Å². The zero-order chi connectivity index (χ0) is 13.6. The van der Waals surface area contributed by atoms with Crippen LogP contribution in [0.4, 0.5) is 0 Å². The van der Waals surface area contributed by atoms with Crippen LogP contribution in [0.25, 0.3) is 5.57 Å². The van der Waals surface area contributed by atoms with Gasteiger partial charge in [0.05, 0.1) is 6.26 Å². The molecule has 1 fully saturated rings. The highest BCUT2D eigenvalue weighted by Crippen LogP contribution is 2.36. The maximum atomic E-state index is 12.0. The summed E-state index contributed by atoms with van der Waals surface area (Å²) in [6.45, 7) is 3.07. The van der Waals surface area contributed by atoms with Crippen LogP contribution in [0.15, 0.2) is 22.3 Å². The number of fused-ring (bicyclic) bond motifs is 1. The second-order valence-corrected chi connectivity index (χ2v) is 5.14. The van der Waals surface area contributed by atoms with Crippen LogP contribution in [0.5, 0.6) is 0 Å². The summed E-state index contributed by atoms with van der Waals surface area (Å²) in [4.78, 5) is 24.1. The van der Waals surface area contributed by atoms with Crippen molar-refractivity contribution in [3.05, 3.63) is 29.2 Å². The van der Waals surface area contributed by atoms with Crippen molar-refractivity contribution >= 4 is 17.5 Å². The number of esters is 2. The molecule has 0 aromatic carbocycles. The molecule has 0 spiro atoms. The van der Waals surface area contributed by atoms with Gasteiger partial charge < -0.3 is 13.9 Å². The number of ether oxygens (including phenoxy) is 2. The van der Waals surface area contributed by atoms with Gasteiger partial charge in [0.2, 0.25) is 0 Å². The fourth-order valence-electron chi connectivity index (χ4n) is 2.52. The van der Waals surface area contributed by atoms with Gasteiger partial charge in [-0.25, -0.2) is 9.59 Å². The lowest BCUT2D eigenvalue weighted by Crippen LogP contribution is -2.42. The molecular formula is C14H14O5. The summed E-state index contributed by atoms with van der Waals surface area (Å²) in [5, 5.41) is 0. The molecule has 0 atom stereocenters. The van der Waals surface area contributed by atoms with Gasteiger partial charge in [-0.15, -0.1) is 0 Å². The van der Waals surface area contributed by atoms with Gasteiger partial charge in [-0.3, -0.25) is 0 Å². The lowest BCUT2D eigenvalue weighted by atomic mass is 9.89. The molecule has 0 amide bonds. The summed E-state index contributed by atoms with van der Waals surface area (Å²) >= 11 is 0. The normalized spacial score (nSPS) is 21.8. The standard InChI is InChI=1S/C14H14O5/c1-14(2)18-12(15)11(13(16)19-14)9-4-3-5-10-8(9)6-7-17-10/h6-7H,3-5H2,1-2H3. The molecule has 1 aromatic heterocycles. The molecule has 0 radical (unpaired) electrons. The van der Waals surface area contributed by atoms with Crippen LogP contribution in [0, 0.1) is 0 Å². The van der Waals surface area contributed by atoms with Crippen molar-refractivity contribution in [3.63, 3.8) is 0 Å². The molecule has 5 nitrogen and oxygen atoms in total. The Morgan fingerprint density at radius 1 is 1.11 bits per heavy atom. The minimum Gasteiger partial charge on any atom is -0.469 e. The zero-order valence-corrected chi connectivity index (χ0v) is 10.8. The highest BCUT2D eigenvalue weighted by Gasteiger charge is 2.41. The molecule has 2 aliphatic rings. The summed E-state index contributed by atoms with van der Waals surface area (Å²) in [5.74, 6) is -1.64. The summed E-state index contributed by atoms with van der Waals surface area (Å²) in [6.07, 6.45) is 3.87. The number of cyclic esters (lactones) is 2. The molecule has 2 heterocycles. The number of carbonyl (C=O) groups is 2. The van der Waals surface area contributed by atoms with Gasteiger partial charge >= 0.3 is 11.9 Å². The Morgan fingerprint density at radius 2 is 1.79 bits per heavy atom. The molecule has 0 bridgehead atoms. The topological polar surface area (TPSA) is 65.7 Å². The van der Waals surface area contributed by atoms with Crippen molar-refractivity contribution in [2.24, 2.45) is 0 Å². The Bertz CT molecular complexity index is 569. The van der Waals surface area contributed by atoms with Crippen LogP contribution in [0.1, 0.15) is 38.0 Å². The average Bonchev–Trinajstić information content (AvgIpc) is 2.74. The van der Waals surface area contributed by atoms with Crippen molar-refractivity contribution in [1.82, 2.24) is 0 Å². The van der Waals surface area contributed by atoms with Crippen LogP contribution in [-0.4, -0.2) is 17.7 Å². The molecule has 19 heavy (non-hydrogen) atoms. The minimum atomic E-state index is -1.20. The molecule has 3 rings (SSSR count). The molecule has 0 N–H and O–H groups in total. The van der Waals surface area contributed by atoms with E-state index in [4.69, 9.17) is 13.9 Å². The van der Waals surface area contributed by atoms with E-state index in [1.165, 1.54) is 13.8 Å². The molecule has 1 aromatic rings. The Balaban J connectivity index is 2.10. The van der Waals surface area contributed by atoms with Crippen LogP contribution >= 0.6 is 0 Å². The summed E-state index contributed by atoms with van der Waals surface area (Å²) < 4.78 is 15.6. The third kappa shape index (κ3) is 1.95. The lowest BCUT2D eigenvalue weighted by Gasteiger charge is -2.31. The van der Waals surface area contributed by atoms with Crippen molar-refractivity contribution in [2.45, 2.75) is 38.9 Å². The van der Waals surface area contributed by atoms with E-state index in [2.05, 4.69) is 0 Å². The van der Waals surface area contributed by atoms with Crippen molar-refractivity contribution in [2.75, 3.05) is 0 Å². The molecular weight excluding hydrogens is 248 g/mol. The second kappa shape index (κ2) is 3.98. The molecule has 0 unspecified atom stereocenters. The first-order valence-electron chi connectivity index (χ1n) is 6.24. The van der Waals surface area contributed by atoms with Crippen molar-refractivity contribution in [3.8, 4) is 0 Å². The fraction of sp³-hybridized carbons (Fsp3) is 0.429. The zero-order valence-electron chi connectivity index (χ0n) is 10.8. The number of rotatable bonds is 0. The largest absolute Gasteiger partial charge is 0.469 e. The summed E-state index contributed by atoms with van der Waals surface area (Å²) in [7, 11) is 0. The maximum Gasteiger partial charge on any atom is 0.349 e. The summed E-state index contributed by atoms with van der Waals surface area (Å²) in [5.41, 5.74) is 1.48. The predicted molar refractivity (Wildman–Crippen MR) is 64.8 cm³/mol. The number of allylic oxidation sites excluding steroid dienone is 1. The third-order valence-corrected chi connectivity index (χ3v) is 3.29. The van der Waals surface area contributed by atoms with Gasteiger partial charge in [0.15, 0.2) is 0 Å². The van der Waals surface area contributed by atoms with Crippen LogP contribution in [0.3, 0.4) is 0 Å². The lowest BCUT2D eigenvalue weighted by molar-refractivity contribution is -0.222. The maximum absolute atomic E-state index is 12.0. The monoisotopic (exact) mass is 262 g/mol. The number of hydrogen-bond acceptors (Lipinski definition) is 5. The smallest absolute Gasteiger partial charge is 0.349 e. The van der Waals surface area contributed by atoms with Crippen molar-refractivity contribution < 1.29 is 23.5 Å². The molecule has 5 heteroatoms. The number of hydrogen-bond donors (Lipinski definition) is 0. The van der Waals surface area contributed by atoms with Gasteiger partial charge in [-0.05, 0) is 24.5 Å². The van der Waals surface area contributed by atoms with E-state index < -0.39 is 17.7 Å². The first-order chi connectivity index (χ1) is 8.98. The molecule has 1 aliphatic heterocycles. The van der Waals surface area contributed by atoms with E-state index in [0.29, 0.717) is 12.0 Å². The van der Waals surface area contributed by atoms with E-state index in [0.717, 1.165) is 24.2 Å². The van der Waals surface area contributed by atoms with E-state index in [1.54, 1.807) is 12.3 Å². The quantitative estimate of drug-likeness (QED) is 0.407. The van der Waals surface area contributed by atoms with E-state index in [-0.39, 0.29) is 5.57 Å². The molecule has 0 saturated carbocycles. The van der Waals surface area contributed by atoms with Gasteiger partial charge in [-0.1, -0.05) is 0 Å². The van der Waals surface area contributed by atoms with Gasteiger partial charge in [0.1, 0.15) is 11.3 Å². The minimum absolute atomic E-state index is 0.00155. The Hall–Kier alpha value is -2.04. The van der Waals surface area contributed by atoms with Gasteiger partial charge in [-0.2, -0.15) is 0 Å². The van der Waals surface area contributed by atoms with Gasteiger partial charge in [0.25, 0.3) is 5.79 Å². The first kappa shape index (κ1) is 12.0. The third-order valence-electron chi connectivity index (χ3n) is 3.29. The second-order valence-electron chi connectivity index (χ2n) is 5.14. The van der Waals surface area contributed by atoms with E-state index >= 15 is 0 Å².